The van der Waals surface area contributed by atoms with Crippen LogP contribution in [0.5, 0.6) is 0 Å². The van der Waals surface area contributed by atoms with Crippen molar-refractivity contribution in [1.29, 1.82) is 0 Å². The van der Waals surface area contributed by atoms with Crippen molar-refractivity contribution in [2.75, 3.05) is 7.05 Å². The molecule has 0 saturated heterocycles. The van der Waals surface area contributed by atoms with Gasteiger partial charge in [-0.05, 0) is 41.9 Å². The number of benzene rings is 2. The molecular weight excluding hydrogens is 388 g/mol. The van der Waals surface area contributed by atoms with E-state index in [1.807, 2.05) is 0 Å². The number of hydrogen-bond donors (Lipinski definition) is 1. The normalized spacial score (nSPS) is 12.3. The van der Waals surface area contributed by atoms with Crippen molar-refractivity contribution < 1.29 is 17.2 Å². The van der Waals surface area contributed by atoms with E-state index in [9.17, 15) is 17.2 Å². The Balaban J connectivity index is 2.03. The van der Waals surface area contributed by atoms with Crippen molar-refractivity contribution in [2.45, 2.75) is 24.2 Å². The molecular formula is C18H19F2N5O2S. The van der Waals surface area contributed by atoms with Crippen molar-refractivity contribution in [1.82, 2.24) is 24.9 Å². The molecule has 0 aliphatic rings. The zero-order valence-electron chi connectivity index (χ0n) is 15.5. The first-order valence-electron chi connectivity index (χ1n) is 8.38. The summed E-state index contributed by atoms with van der Waals surface area (Å²) >= 11 is 0. The van der Waals surface area contributed by atoms with Crippen LogP contribution in [0.3, 0.4) is 0 Å². The van der Waals surface area contributed by atoms with Gasteiger partial charge in [-0.15, -0.1) is 10.2 Å². The average molecular weight is 407 g/mol. The predicted octanol–water partition coefficient (Wildman–Crippen LogP) is 2.49. The Hall–Kier alpha value is -2.72. The van der Waals surface area contributed by atoms with E-state index in [4.69, 9.17) is 0 Å². The molecule has 1 aromatic heterocycles. The number of aromatic nitrogens is 4. The average Bonchev–Trinajstić information content (AvgIpc) is 3.08. The molecule has 0 amide bonds. The van der Waals surface area contributed by atoms with Gasteiger partial charge < -0.3 is 0 Å². The molecule has 10 heteroatoms. The lowest BCUT2D eigenvalue weighted by molar-refractivity contribution is 0.0174. The Morgan fingerprint density at radius 2 is 1.82 bits per heavy atom. The van der Waals surface area contributed by atoms with Crippen LogP contribution in [0.2, 0.25) is 0 Å². The topological polar surface area (TPSA) is 89.8 Å². The smallest absolute Gasteiger partial charge is 0.214 e. The van der Waals surface area contributed by atoms with Gasteiger partial charge in [0.1, 0.15) is 0 Å². The molecule has 0 unspecified atom stereocenters. The van der Waals surface area contributed by atoms with Gasteiger partial charge in [0.2, 0.25) is 15.8 Å². The van der Waals surface area contributed by atoms with Crippen LogP contribution >= 0.6 is 0 Å². The van der Waals surface area contributed by atoms with Crippen LogP contribution in [0.4, 0.5) is 8.78 Å². The fourth-order valence-electron chi connectivity index (χ4n) is 2.73. The lowest BCUT2D eigenvalue weighted by atomic mass is 9.98. The maximum absolute atomic E-state index is 13.4. The number of tetrazole rings is 1. The molecule has 0 aliphatic carbocycles. The molecule has 0 bridgehead atoms. The summed E-state index contributed by atoms with van der Waals surface area (Å²) in [5.41, 5.74) is 1.98. The van der Waals surface area contributed by atoms with Gasteiger partial charge in [0.15, 0.2) is 0 Å². The van der Waals surface area contributed by atoms with Gasteiger partial charge in [-0.1, -0.05) is 30.3 Å². The monoisotopic (exact) mass is 407 g/mol. The Kier molecular flexibility index (Phi) is 5.26. The molecule has 7 nitrogen and oxygen atoms in total. The van der Waals surface area contributed by atoms with E-state index >= 15 is 0 Å². The summed E-state index contributed by atoms with van der Waals surface area (Å²) in [6.45, 7) is 0.848. The molecule has 0 saturated carbocycles. The molecule has 28 heavy (non-hydrogen) atoms. The molecule has 0 radical (unpaired) electrons. The standard InChI is InChI=1S/C18H19F2N5O2S/c1-18(19,20)14-7-4-12(5-8-14)10-13-6-9-15(28(26,27)21-2)11-16(13)17-22-24-25(3)23-17/h4-9,11,21H,10H2,1-3H3. The zero-order chi connectivity index (χ0) is 20.5. The Morgan fingerprint density at radius 1 is 1.14 bits per heavy atom. The molecule has 3 aromatic rings. The highest BCUT2D eigenvalue weighted by atomic mass is 32.2. The lowest BCUT2D eigenvalue weighted by Gasteiger charge is -2.12. The SMILES string of the molecule is CNS(=O)(=O)c1ccc(Cc2ccc(C(C)(F)F)cc2)c(-c2nnn(C)n2)c1. The number of nitrogens with zero attached hydrogens (tertiary/aromatic N) is 4. The van der Waals surface area contributed by atoms with E-state index in [1.165, 1.54) is 36.1 Å². The van der Waals surface area contributed by atoms with Crippen molar-refractivity contribution in [3.05, 3.63) is 59.2 Å². The van der Waals surface area contributed by atoms with Crippen LogP contribution in [0, 0.1) is 0 Å². The highest BCUT2D eigenvalue weighted by Crippen LogP contribution is 2.29. The van der Waals surface area contributed by atoms with Crippen molar-refractivity contribution in [3.63, 3.8) is 0 Å². The van der Waals surface area contributed by atoms with E-state index in [2.05, 4.69) is 20.1 Å². The van der Waals surface area contributed by atoms with Gasteiger partial charge in [0.25, 0.3) is 5.92 Å². The maximum atomic E-state index is 13.4. The number of alkyl halides is 2. The summed E-state index contributed by atoms with van der Waals surface area (Å²) < 4.78 is 53.4. The highest BCUT2D eigenvalue weighted by molar-refractivity contribution is 7.89. The molecule has 3 rings (SSSR count). The second-order valence-electron chi connectivity index (χ2n) is 6.39. The van der Waals surface area contributed by atoms with Crippen molar-refractivity contribution in [3.8, 4) is 11.4 Å². The lowest BCUT2D eigenvalue weighted by Crippen LogP contribution is -2.18. The van der Waals surface area contributed by atoms with Crippen molar-refractivity contribution in [2.24, 2.45) is 7.05 Å². The first-order valence-corrected chi connectivity index (χ1v) is 9.86. The van der Waals surface area contributed by atoms with E-state index in [-0.39, 0.29) is 16.3 Å². The third kappa shape index (κ3) is 4.23. The van der Waals surface area contributed by atoms with E-state index < -0.39 is 15.9 Å². The number of halogens is 2. The zero-order valence-corrected chi connectivity index (χ0v) is 16.3. The minimum absolute atomic E-state index is 0.0671. The van der Waals surface area contributed by atoms with E-state index in [1.54, 1.807) is 25.2 Å². The summed E-state index contributed by atoms with van der Waals surface area (Å²) in [6, 6.07) is 10.6. The third-order valence-corrected chi connectivity index (χ3v) is 5.68. The number of nitrogens with one attached hydrogen (secondary N) is 1. The minimum Gasteiger partial charge on any atom is -0.214 e. The number of rotatable bonds is 6. The highest BCUT2D eigenvalue weighted by Gasteiger charge is 2.24. The van der Waals surface area contributed by atoms with Crippen molar-refractivity contribution >= 4 is 10.0 Å². The molecule has 2 aromatic carbocycles. The Labute approximate surface area is 161 Å². The van der Waals surface area contributed by atoms with Crippen LogP contribution < -0.4 is 4.72 Å². The first-order chi connectivity index (χ1) is 13.1. The maximum Gasteiger partial charge on any atom is 0.270 e. The largest absolute Gasteiger partial charge is 0.270 e. The van der Waals surface area contributed by atoms with Crippen LogP contribution in [-0.2, 0) is 29.4 Å². The van der Waals surface area contributed by atoms with Crippen LogP contribution in [0.25, 0.3) is 11.4 Å². The second-order valence-corrected chi connectivity index (χ2v) is 8.28. The number of sulfonamides is 1. The molecule has 0 fully saturated rings. The predicted molar refractivity (Wildman–Crippen MR) is 99.3 cm³/mol. The number of aryl methyl sites for hydroxylation is 1. The molecule has 0 atom stereocenters. The van der Waals surface area contributed by atoms with Gasteiger partial charge >= 0.3 is 0 Å². The van der Waals surface area contributed by atoms with Gasteiger partial charge in [-0.25, -0.2) is 21.9 Å². The molecule has 0 spiro atoms. The van der Waals surface area contributed by atoms with Crippen LogP contribution in [0.1, 0.15) is 23.6 Å². The van der Waals surface area contributed by atoms with Gasteiger partial charge in [-0.3, -0.25) is 0 Å². The van der Waals surface area contributed by atoms with Gasteiger partial charge in [-0.2, -0.15) is 4.80 Å². The summed E-state index contributed by atoms with van der Waals surface area (Å²) in [5, 5.41) is 11.9. The summed E-state index contributed by atoms with van der Waals surface area (Å²) in [7, 11) is -0.716. The van der Waals surface area contributed by atoms with E-state index in [0.29, 0.717) is 12.0 Å². The Bertz CT molecular complexity index is 1090. The van der Waals surface area contributed by atoms with E-state index in [0.717, 1.165) is 18.1 Å². The quantitative estimate of drug-likeness (QED) is 0.678. The Morgan fingerprint density at radius 3 is 2.36 bits per heavy atom. The second kappa shape index (κ2) is 7.36. The molecule has 1 N–H and O–H groups in total. The fraction of sp³-hybridized carbons (Fsp3) is 0.278. The molecule has 148 valence electrons. The first kappa shape index (κ1) is 20.0. The molecule has 1 heterocycles. The van der Waals surface area contributed by atoms with Gasteiger partial charge in [0.05, 0.1) is 11.9 Å². The van der Waals surface area contributed by atoms with Crippen LogP contribution in [0.15, 0.2) is 47.4 Å². The summed E-state index contributed by atoms with van der Waals surface area (Å²) in [4.78, 5) is 1.35. The minimum atomic E-state index is -3.65. The summed E-state index contributed by atoms with van der Waals surface area (Å²) in [5.74, 6) is -2.63. The number of hydrogen-bond acceptors (Lipinski definition) is 5. The fourth-order valence-corrected chi connectivity index (χ4v) is 3.49. The molecule has 0 aliphatic heterocycles. The van der Waals surface area contributed by atoms with Crippen LogP contribution in [-0.4, -0.2) is 35.7 Å². The summed E-state index contributed by atoms with van der Waals surface area (Å²) in [6.07, 6.45) is 0.392. The van der Waals surface area contributed by atoms with Gasteiger partial charge in [0, 0.05) is 18.1 Å². The third-order valence-electron chi connectivity index (χ3n) is 4.26.